The van der Waals surface area contributed by atoms with Crippen LogP contribution in [0.25, 0.3) is 0 Å². The van der Waals surface area contributed by atoms with Gasteiger partial charge in [-0.2, -0.15) is 0 Å². The third-order valence-electron chi connectivity index (χ3n) is 3.01. The number of hydrogen-bond donors (Lipinski definition) is 1. The lowest BCUT2D eigenvalue weighted by atomic mass is 10.2. The van der Waals surface area contributed by atoms with Gasteiger partial charge in [0.1, 0.15) is 12.4 Å². The maximum Gasteiger partial charge on any atom is 0.119 e. The molecule has 0 amide bonds. The van der Waals surface area contributed by atoms with Gasteiger partial charge in [-0.15, -0.1) is 18.8 Å². The number of nitrogens with one attached hydrogen (secondary N) is 1. The van der Waals surface area contributed by atoms with Crippen LogP contribution in [0, 0.1) is 19.3 Å². The average Bonchev–Trinajstić information content (AvgIpc) is 2.48. The van der Waals surface area contributed by atoms with Crippen molar-refractivity contribution in [3.05, 3.63) is 65.2 Å². The molecule has 0 atom stereocenters. The fourth-order valence-electron chi connectivity index (χ4n) is 1.83. The van der Waals surface area contributed by atoms with Crippen molar-refractivity contribution in [3.63, 3.8) is 0 Å². The fourth-order valence-corrected chi connectivity index (χ4v) is 1.83. The zero-order valence-electron chi connectivity index (χ0n) is 12.1. The van der Waals surface area contributed by atoms with Crippen LogP contribution in [0.5, 0.6) is 5.75 Å². The molecule has 0 aromatic heterocycles. The van der Waals surface area contributed by atoms with Crippen LogP contribution >= 0.6 is 12.4 Å². The van der Waals surface area contributed by atoms with Crippen LogP contribution in [0.3, 0.4) is 0 Å². The Balaban J connectivity index is 0.00000220. The summed E-state index contributed by atoms with van der Waals surface area (Å²) in [6, 6.07) is 16.4. The molecule has 21 heavy (non-hydrogen) atoms. The maximum atomic E-state index is 5.76. The van der Waals surface area contributed by atoms with Crippen LogP contribution in [0.1, 0.15) is 16.7 Å². The van der Waals surface area contributed by atoms with E-state index in [1.54, 1.807) is 0 Å². The second kappa shape index (κ2) is 9.07. The highest BCUT2D eigenvalue weighted by Crippen LogP contribution is 2.14. The van der Waals surface area contributed by atoms with Gasteiger partial charge >= 0.3 is 0 Å². The lowest BCUT2D eigenvalue weighted by molar-refractivity contribution is 0.306. The summed E-state index contributed by atoms with van der Waals surface area (Å²) in [6.45, 7) is 4.04. The van der Waals surface area contributed by atoms with E-state index in [1.165, 1.54) is 16.7 Å². The highest BCUT2D eigenvalue weighted by Gasteiger charge is 1.97. The molecule has 0 unspecified atom stereocenters. The van der Waals surface area contributed by atoms with Crippen LogP contribution in [-0.2, 0) is 13.2 Å². The Kier molecular flexibility index (Phi) is 7.39. The van der Waals surface area contributed by atoms with E-state index < -0.39 is 0 Å². The predicted molar refractivity (Wildman–Crippen MR) is 89.7 cm³/mol. The van der Waals surface area contributed by atoms with Crippen molar-refractivity contribution >= 4 is 12.4 Å². The smallest absolute Gasteiger partial charge is 0.119 e. The molecule has 110 valence electrons. The minimum Gasteiger partial charge on any atom is -0.489 e. The van der Waals surface area contributed by atoms with E-state index in [4.69, 9.17) is 11.2 Å². The van der Waals surface area contributed by atoms with E-state index >= 15 is 0 Å². The summed E-state index contributed by atoms with van der Waals surface area (Å²) in [4.78, 5) is 0. The van der Waals surface area contributed by atoms with E-state index in [-0.39, 0.29) is 12.4 Å². The monoisotopic (exact) mass is 301 g/mol. The molecule has 0 saturated heterocycles. The molecule has 2 aromatic carbocycles. The number of terminal acetylenes is 1. The number of ether oxygens (including phenoxy) is 1. The van der Waals surface area contributed by atoms with Gasteiger partial charge in [-0.3, -0.25) is 0 Å². The van der Waals surface area contributed by atoms with Crippen LogP contribution < -0.4 is 10.1 Å². The van der Waals surface area contributed by atoms with Crippen molar-refractivity contribution in [1.82, 2.24) is 5.32 Å². The van der Waals surface area contributed by atoms with E-state index in [0.29, 0.717) is 13.2 Å². The first-order chi connectivity index (χ1) is 9.78. The normalized spacial score (nSPS) is 9.52. The second-order valence-electron chi connectivity index (χ2n) is 4.73. The Hall–Kier alpha value is -1.95. The maximum absolute atomic E-state index is 5.76. The van der Waals surface area contributed by atoms with E-state index in [9.17, 15) is 0 Å². The molecule has 1 N–H and O–H groups in total. The van der Waals surface area contributed by atoms with Gasteiger partial charge in [-0.1, -0.05) is 47.9 Å². The van der Waals surface area contributed by atoms with Crippen molar-refractivity contribution in [3.8, 4) is 18.1 Å². The minimum atomic E-state index is 0. The van der Waals surface area contributed by atoms with Crippen molar-refractivity contribution in [2.24, 2.45) is 0 Å². The number of halogens is 1. The molecule has 0 spiro atoms. The summed E-state index contributed by atoms with van der Waals surface area (Å²) in [5, 5.41) is 3.16. The van der Waals surface area contributed by atoms with E-state index in [2.05, 4.69) is 42.4 Å². The molecular formula is C18H20ClNO. The number of rotatable bonds is 6. The van der Waals surface area contributed by atoms with Gasteiger partial charge < -0.3 is 10.1 Å². The molecule has 3 heteroatoms. The summed E-state index contributed by atoms with van der Waals surface area (Å²) in [5.74, 6) is 3.44. The summed E-state index contributed by atoms with van der Waals surface area (Å²) in [6.07, 6.45) is 5.19. The van der Waals surface area contributed by atoms with Crippen LogP contribution in [0.2, 0.25) is 0 Å². The zero-order chi connectivity index (χ0) is 14.2. The van der Waals surface area contributed by atoms with Crippen molar-refractivity contribution in [2.75, 3.05) is 6.54 Å². The molecule has 0 saturated carbocycles. The van der Waals surface area contributed by atoms with Gasteiger partial charge in [0.05, 0.1) is 6.54 Å². The summed E-state index contributed by atoms with van der Waals surface area (Å²) in [5.41, 5.74) is 3.64. The molecule has 0 heterocycles. The van der Waals surface area contributed by atoms with Gasteiger partial charge in [-0.05, 0) is 30.2 Å². The van der Waals surface area contributed by atoms with Gasteiger partial charge in [0, 0.05) is 6.54 Å². The summed E-state index contributed by atoms with van der Waals surface area (Å²) < 4.78 is 5.76. The molecule has 2 aromatic rings. The quantitative estimate of drug-likeness (QED) is 0.648. The van der Waals surface area contributed by atoms with Crippen LogP contribution in [-0.4, -0.2) is 6.54 Å². The molecule has 2 rings (SSSR count). The van der Waals surface area contributed by atoms with Crippen LogP contribution in [0.15, 0.2) is 48.5 Å². The largest absolute Gasteiger partial charge is 0.489 e. The molecule has 0 aliphatic rings. The summed E-state index contributed by atoms with van der Waals surface area (Å²) in [7, 11) is 0. The Morgan fingerprint density at radius 3 is 2.24 bits per heavy atom. The lowest BCUT2D eigenvalue weighted by Gasteiger charge is -2.08. The molecular weight excluding hydrogens is 282 g/mol. The van der Waals surface area contributed by atoms with Crippen LogP contribution in [0.4, 0.5) is 0 Å². The van der Waals surface area contributed by atoms with Gasteiger partial charge in [0.25, 0.3) is 0 Å². The predicted octanol–water partition coefficient (Wildman–Crippen LogP) is 3.72. The minimum absolute atomic E-state index is 0. The first-order valence-corrected chi connectivity index (χ1v) is 6.69. The Morgan fingerprint density at radius 1 is 1.00 bits per heavy atom. The fraction of sp³-hybridized carbons (Fsp3) is 0.222. The molecule has 0 bridgehead atoms. The Labute approximate surface area is 132 Å². The summed E-state index contributed by atoms with van der Waals surface area (Å²) >= 11 is 0. The third-order valence-corrected chi connectivity index (χ3v) is 3.01. The number of benzene rings is 2. The molecule has 0 radical (unpaired) electrons. The SMILES string of the molecule is C#CCNCc1ccc(OCc2ccc(C)cc2)cc1.Cl. The highest BCUT2D eigenvalue weighted by molar-refractivity contribution is 5.85. The molecule has 0 fully saturated rings. The lowest BCUT2D eigenvalue weighted by Crippen LogP contribution is -2.12. The van der Waals surface area contributed by atoms with E-state index in [0.717, 1.165) is 12.3 Å². The standard InChI is InChI=1S/C18H19NO.ClH/c1-3-12-19-13-16-8-10-18(11-9-16)20-14-17-6-4-15(2)5-7-17;/h1,4-11,19H,12-14H2,2H3;1H. The average molecular weight is 302 g/mol. The first-order valence-electron chi connectivity index (χ1n) is 6.69. The molecule has 0 aliphatic heterocycles. The highest BCUT2D eigenvalue weighted by atomic mass is 35.5. The van der Waals surface area contributed by atoms with E-state index in [1.807, 2.05) is 24.3 Å². The zero-order valence-corrected chi connectivity index (χ0v) is 13.0. The number of aryl methyl sites for hydroxylation is 1. The topological polar surface area (TPSA) is 21.3 Å². The first kappa shape index (κ1) is 17.1. The Morgan fingerprint density at radius 2 is 1.62 bits per heavy atom. The third kappa shape index (κ3) is 5.91. The molecule has 0 aliphatic carbocycles. The number of hydrogen-bond acceptors (Lipinski definition) is 2. The molecule has 2 nitrogen and oxygen atoms in total. The Bertz CT molecular complexity index is 570. The van der Waals surface area contributed by atoms with Gasteiger partial charge in [0.2, 0.25) is 0 Å². The van der Waals surface area contributed by atoms with Crippen molar-refractivity contribution < 1.29 is 4.74 Å². The van der Waals surface area contributed by atoms with Crippen molar-refractivity contribution in [1.29, 1.82) is 0 Å². The van der Waals surface area contributed by atoms with Gasteiger partial charge in [-0.25, -0.2) is 0 Å². The van der Waals surface area contributed by atoms with Gasteiger partial charge in [0.15, 0.2) is 0 Å². The second-order valence-corrected chi connectivity index (χ2v) is 4.73. The van der Waals surface area contributed by atoms with Crippen molar-refractivity contribution in [2.45, 2.75) is 20.1 Å².